The molecule has 2 aromatic rings. The summed E-state index contributed by atoms with van der Waals surface area (Å²) in [5.41, 5.74) is 0.363. The standard InChI is InChI=1S/C24H34N4O4S/c1-3-24(11-14-31-21-8-7-19(16-25-21)33(2,29)30)15-20(24)17-9-12-28(13-10-17)23-26-22(27-32-23)18-5-4-6-18/h7-8,16-18,20H,3-6,9-15H2,1-2H3. The van der Waals surface area contributed by atoms with E-state index in [1.807, 2.05) is 0 Å². The molecular weight excluding hydrogens is 440 g/mol. The summed E-state index contributed by atoms with van der Waals surface area (Å²) >= 11 is 0. The van der Waals surface area contributed by atoms with Gasteiger partial charge in [0.2, 0.25) is 5.88 Å². The number of rotatable bonds is 9. The van der Waals surface area contributed by atoms with Crippen molar-refractivity contribution in [2.45, 2.75) is 69.1 Å². The van der Waals surface area contributed by atoms with E-state index >= 15 is 0 Å². The summed E-state index contributed by atoms with van der Waals surface area (Å²) in [6.07, 6.45) is 12.0. The molecule has 3 aliphatic rings. The number of nitrogens with zero attached hydrogens (tertiary/aromatic N) is 4. The maximum Gasteiger partial charge on any atom is 0.324 e. The maximum atomic E-state index is 11.6. The molecule has 9 heteroatoms. The van der Waals surface area contributed by atoms with E-state index in [1.54, 1.807) is 12.1 Å². The van der Waals surface area contributed by atoms with Crippen LogP contribution in [-0.2, 0) is 9.84 Å². The second-order valence-corrected chi connectivity index (χ2v) is 12.1. The smallest absolute Gasteiger partial charge is 0.324 e. The average Bonchev–Trinajstić information content (AvgIpc) is 3.30. The molecule has 0 N–H and O–H groups in total. The van der Waals surface area contributed by atoms with Crippen molar-refractivity contribution in [2.75, 3.05) is 30.9 Å². The predicted molar refractivity (Wildman–Crippen MR) is 124 cm³/mol. The first-order chi connectivity index (χ1) is 15.9. The molecule has 3 fully saturated rings. The fraction of sp³-hybridized carbons (Fsp3) is 0.708. The molecule has 180 valence electrons. The zero-order valence-corrected chi connectivity index (χ0v) is 20.4. The molecule has 2 atom stereocenters. The van der Waals surface area contributed by atoms with Crippen LogP contribution in [0, 0.1) is 17.3 Å². The van der Waals surface area contributed by atoms with Gasteiger partial charge in [-0.3, -0.25) is 0 Å². The summed E-state index contributed by atoms with van der Waals surface area (Å²) in [7, 11) is -3.23. The van der Waals surface area contributed by atoms with Crippen molar-refractivity contribution in [3.05, 3.63) is 24.2 Å². The molecule has 2 unspecified atom stereocenters. The van der Waals surface area contributed by atoms with Crippen LogP contribution in [-0.4, -0.2) is 49.5 Å². The minimum Gasteiger partial charge on any atom is -0.478 e. The van der Waals surface area contributed by atoms with E-state index in [4.69, 9.17) is 9.26 Å². The van der Waals surface area contributed by atoms with Gasteiger partial charge in [-0.15, -0.1) is 0 Å². The molecule has 2 saturated carbocycles. The fourth-order valence-electron chi connectivity index (χ4n) is 5.63. The Bertz CT molecular complexity index is 1060. The van der Waals surface area contributed by atoms with Crippen molar-refractivity contribution >= 4 is 15.9 Å². The quantitative estimate of drug-likeness (QED) is 0.532. The Labute approximate surface area is 196 Å². The van der Waals surface area contributed by atoms with E-state index < -0.39 is 9.84 Å². The molecule has 1 saturated heterocycles. The molecule has 2 aliphatic carbocycles. The summed E-state index contributed by atoms with van der Waals surface area (Å²) in [5, 5.41) is 4.22. The Morgan fingerprint density at radius 2 is 2.00 bits per heavy atom. The van der Waals surface area contributed by atoms with Crippen molar-refractivity contribution in [1.82, 2.24) is 15.1 Å². The van der Waals surface area contributed by atoms with E-state index in [2.05, 4.69) is 26.9 Å². The lowest BCUT2D eigenvalue weighted by Crippen LogP contribution is -2.35. The number of hydrogen-bond donors (Lipinski definition) is 0. The van der Waals surface area contributed by atoms with E-state index in [0.29, 0.717) is 29.8 Å². The van der Waals surface area contributed by atoms with Crippen LogP contribution in [0.2, 0.25) is 0 Å². The molecular formula is C24H34N4O4S. The highest BCUT2D eigenvalue weighted by Gasteiger charge is 2.55. The van der Waals surface area contributed by atoms with Crippen LogP contribution in [0.3, 0.4) is 0 Å². The molecule has 8 nitrogen and oxygen atoms in total. The number of aromatic nitrogens is 3. The Morgan fingerprint density at radius 3 is 2.61 bits per heavy atom. The molecule has 0 radical (unpaired) electrons. The van der Waals surface area contributed by atoms with Gasteiger partial charge >= 0.3 is 6.01 Å². The molecule has 0 amide bonds. The van der Waals surface area contributed by atoms with E-state index in [1.165, 1.54) is 51.0 Å². The highest BCUT2D eigenvalue weighted by molar-refractivity contribution is 7.90. The zero-order valence-electron chi connectivity index (χ0n) is 19.6. The normalized spacial score (nSPS) is 26.2. The molecule has 5 rings (SSSR count). The van der Waals surface area contributed by atoms with E-state index in [9.17, 15) is 8.42 Å². The lowest BCUT2D eigenvalue weighted by Gasteiger charge is -2.32. The highest BCUT2D eigenvalue weighted by Crippen LogP contribution is 2.62. The van der Waals surface area contributed by atoms with E-state index in [0.717, 1.165) is 43.6 Å². The Balaban J connectivity index is 1.09. The summed E-state index contributed by atoms with van der Waals surface area (Å²) in [4.78, 5) is 11.3. The van der Waals surface area contributed by atoms with Gasteiger partial charge in [-0.25, -0.2) is 13.4 Å². The third kappa shape index (κ3) is 4.74. The van der Waals surface area contributed by atoms with Crippen LogP contribution < -0.4 is 9.64 Å². The predicted octanol–water partition coefficient (Wildman–Crippen LogP) is 4.24. The monoisotopic (exact) mass is 474 g/mol. The lowest BCUT2D eigenvalue weighted by atomic mass is 9.84. The van der Waals surface area contributed by atoms with Gasteiger partial charge in [0.25, 0.3) is 0 Å². The number of sulfone groups is 1. The zero-order chi connectivity index (χ0) is 23.1. The van der Waals surface area contributed by atoms with Gasteiger partial charge in [0.15, 0.2) is 15.7 Å². The molecule has 0 bridgehead atoms. The van der Waals surface area contributed by atoms with Crippen LogP contribution in [0.25, 0.3) is 0 Å². The molecule has 1 aliphatic heterocycles. The second-order valence-electron chi connectivity index (χ2n) is 10.1. The van der Waals surface area contributed by atoms with Gasteiger partial charge in [0, 0.05) is 37.5 Å². The maximum absolute atomic E-state index is 11.6. The molecule has 3 heterocycles. The van der Waals surface area contributed by atoms with Crippen molar-refractivity contribution in [3.8, 4) is 5.88 Å². The number of ether oxygens (including phenoxy) is 1. The Morgan fingerprint density at radius 1 is 1.21 bits per heavy atom. The number of hydrogen-bond acceptors (Lipinski definition) is 8. The van der Waals surface area contributed by atoms with Crippen LogP contribution >= 0.6 is 0 Å². The first-order valence-electron chi connectivity index (χ1n) is 12.3. The second kappa shape index (κ2) is 8.89. The van der Waals surface area contributed by atoms with Crippen molar-refractivity contribution < 1.29 is 17.7 Å². The van der Waals surface area contributed by atoms with Crippen LogP contribution in [0.4, 0.5) is 6.01 Å². The first kappa shape index (κ1) is 22.6. The van der Waals surface area contributed by atoms with Gasteiger partial charge in [-0.05, 0) is 61.8 Å². The Kier molecular flexibility index (Phi) is 6.09. The number of anilines is 1. The third-order valence-electron chi connectivity index (χ3n) is 8.22. The van der Waals surface area contributed by atoms with Gasteiger partial charge < -0.3 is 14.2 Å². The molecule has 33 heavy (non-hydrogen) atoms. The van der Waals surface area contributed by atoms with Crippen LogP contribution in [0.1, 0.15) is 70.0 Å². The average molecular weight is 475 g/mol. The summed E-state index contributed by atoms with van der Waals surface area (Å²) in [6, 6.07) is 3.90. The molecule has 0 spiro atoms. The van der Waals surface area contributed by atoms with Gasteiger partial charge in [-0.2, -0.15) is 4.98 Å². The fourth-order valence-corrected chi connectivity index (χ4v) is 6.19. The van der Waals surface area contributed by atoms with Crippen molar-refractivity contribution in [1.29, 1.82) is 0 Å². The number of pyridine rings is 1. The number of piperidine rings is 1. The van der Waals surface area contributed by atoms with Gasteiger partial charge in [0.05, 0.1) is 11.5 Å². The summed E-state index contributed by atoms with van der Waals surface area (Å²) < 4.78 is 34.6. The lowest BCUT2D eigenvalue weighted by molar-refractivity contribution is 0.223. The third-order valence-corrected chi connectivity index (χ3v) is 9.32. The minimum absolute atomic E-state index is 0.216. The van der Waals surface area contributed by atoms with Crippen molar-refractivity contribution in [3.63, 3.8) is 0 Å². The topological polar surface area (TPSA) is 98.4 Å². The first-order valence-corrected chi connectivity index (χ1v) is 14.1. The summed E-state index contributed by atoms with van der Waals surface area (Å²) in [6.45, 7) is 4.87. The van der Waals surface area contributed by atoms with Crippen LogP contribution in [0.5, 0.6) is 5.88 Å². The highest BCUT2D eigenvalue weighted by atomic mass is 32.2. The largest absolute Gasteiger partial charge is 0.478 e. The van der Waals surface area contributed by atoms with Gasteiger partial charge in [0.1, 0.15) is 0 Å². The summed E-state index contributed by atoms with van der Waals surface area (Å²) in [5.74, 6) is 3.38. The van der Waals surface area contributed by atoms with Gasteiger partial charge in [-0.1, -0.05) is 24.9 Å². The minimum atomic E-state index is -3.23. The molecule has 2 aromatic heterocycles. The SMILES string of the molecule is CCC1(CCOc2ccc(S(C)(=O)=O)cn2)CC1C1CCN(c2nc(C3CCC3)no2)CC1. The Hall–Kier alpha value is -2.16. The van der Waals surface area contributed by atoms with Crippen LogP contribution in [0.15, 0.2) is 27.7 Å². The molecule has 0 aromatic carbocycles. The van der Waals surface area contributed by atoms with E-state index in [-0.39, 0.29) is 4.90 Å². The van der Waals surface area contributed by atoms with Crippen molar-refractivity contribution in [2.24, 2.45) is 17.3 Å².